The third-order valence-corrected chi connectivity index (χ3v) is 4.72. The topological polar surface area (TPSA) is 101 Å². The normalized spacial score (nSPS) is 20.6. The second-order valence-electron chi connectivity index (χ2n) is 6.90. The summed E-state index contributed by atoms with van der Waals surface area (Å²) in [5.74, 6) is 1.31. The minimum atomic E-state index is -0.176. The Balaban J connectivity index is 1.44. The molecule has 1 atom stereocenters. The first kappa shape index (κ1) is 16.8. The van der Waals surface area contributed by atoms with Gasteiger partial charge in [-0.25, -0.2) is 15.0 Å². The molecule has 1 saturated heterocycles. The molecule has 1 saturated carbocycles. The highest BCUT2D eigenvalue weighted by Gasteiger charge is 2.28. The Morgan fingerprint density at radius 1 is 1.27 bits per heavy atom. The lowest BCUT2D eigenvalue weighted by molar-refractivity contribution is 0.0736. The molecule has 0 unspecified atom stereocenters. The van der Waals surface area contributed by atoms with Crippen LogP contribution < -0.4 is 5.56 Å². The Morgan fingerprint density at radius 2 is 2.08 bits per heavy atom. The summed E-state index contributed by atoms with van der Waals surface area (Å²) in [6.07, 6.45) is 7.51. The van der Waals surface area contributed by atoms with Crippen molar-refractivity contribution in [2.24, 2.45) is 5.92 Å². The van der Waals surface area contributed by atoms with Gasteiger partial charge in [0.1, 0.15) is 5.82 Å². The zero-order valence-corrected chi connectivity index (χ0v) is 14.4. The van der Waals surface area contributed by atoms with Gasteiger partial charge in [-0.05, 0) is 19.3 Å². The first-order valence-corrected chi connectivity index (χ1v) is 8.91. The molecule has 1 aliphatic carbocycles. The van der Waals surface area contributed by atoms with Crippen molar-refractivity contribution in [1.29, 1.82) is 0 Å². The number of carbonyl (C=O) groups is 1. The Morgan fingerprint density at radius 3 is 2.81 bits per heavy atom. The third kappa shape index (κ3) is 3.96. The SMILES string of the molecule is O=C(c1cnc(C2CC2)nc1)N1CCOC[C@@H](Cc2cc(=O)[nH]cn2)C1. The predicted molar refractivity (Wildman–Crippen MR) is 92.8 cm³/mol. The van der Waals surface area contributed by atoms with E-state index in [1.54, 1.807) is 17.3 Å². The van der Waals surface area contributed by atoms with Gasteiger partial charge in [0.05, 0.1) is 25.1 Å². The Kier molecular flexibility index (Phi) is 4.75. The largest absolute Gasteiger partial charge is 0.379 e. The minimum Gasteiger partial charge on any atom is -0.379 e. The molecule has 2 aromatic rings. The lowest BCUT2D eigenvalue weighted by Gasteiger charge is -2.23. The van der Waals surface area contributed by atoms with Gasteiger partial charge in [0.2, 0.25) is 0 Å². The smallest absolute Gasteiger partial charge is 0.257 e. The van der Waals surface area contributed by atoms with Crippen molar-refractivity contribution < 1.29 is 9.53 Å². The predicted octanol–water partition coefficient (Wildman–Crippen LogP) is 0.769. The van der Waals surface area contributed by atoms with E-state index in [4.69, 9.17) is 4.74 Å². The van der Waals surface area contributed by atoms with Crippen LogP contribution in [-0.2, 0) is 11.2 Å². The first-order valence-electron chi connectivity index (χ1n) is 8.91. The molecule has 26 heavy (non-hydrogen) atoms. The number of amides is 1. The average molecular weight is 355 g/mol. The van der Waals surface area contributed by atoms with Gasteiger partial charge in [-0.1, -0.05) is 0 Å². The van der Waals surface area contributed by atoms with Gasteiger partial charge >= 0.3 is 0 Å². The molecule has 8 heteroatoms. The molecule has 0 radical (unpaired) electrons. The summed E-state index contributed by atoms with van der Waals surface area (Å²) < 4.78 is 5.65. The number of ether oxygens (including phenoxy) is 1. The van der Waals surface area contributed by atoms with Gasteiger partial charge in [0.25, 0.3) is 11.5 Å². The van der Waals surface area contributed by atoms with Gasteiger partial charge in [-0.2, -0.15) is 0 Å². The van der Waals surface area contributed by atoms with Crippen LogP contribution in [0.2, 0.25) is 0 Å². The van der Waals surface area contributed by atoms with Crippen LogP contribution in [-0.4, -0.2) is 57.0 Å². The molecule has 2 aliphatic rings. The molecular formula is C18H21N5O3. The lowest BCUT2D eigenvalue weighted by atomic mass is 10.0. The van der Waals surface area contributed by atoms with Crippen molar-refractivity contribution in [2.75, 3.05) is 26.3 Å². The van der Waals surface area contributed by atoms with E-state index in [9.17, 15) is 9.59 Å². The Hall–Kier alpha value is -2.61. The first-order chi connectivity index (χ1) is 12.7. The van der Waals surface area contributed by atoms with Gasteiger partial charge in [-0.15, -0.1) is 0 Å². The van der Waals surface area contributed by atoms with Gasteiger partial charge < -0.3 is 14.6 Å². The Bertz CT molecular complexity index is 831. The summed E-state index contributed by atoms with van der Waals surface area (Å²) >= 11 is 0. The van der Waals surface area contributed by atoms with Crippen LogP contribution in [0.15, 0.2) is 29.6 Å². The number of nitrogens with zero attached hydrogens (tertiary/aromatic N) is 4. The van der Waals surface area contributed by atoms with E-state index in [1.807, 2.05) is 0 Å². The quantitative estimate of drug-likeness (QED) is 0.869. The van der Waals surface area contributed by atoms with E-state index in [-0.39, 0.29) is 17.4 Å². The molecule has 1 amide bonds. The number of aromatic amines is 1. The van der Waals surface area contributed by atoms with E-state index in [0.29, 0.717) is 49.9 Å². The second kappa shape index (κ2) is 7.33. The van der Waals surface area contributed by atoms with Gasteiger partial charge in [-0.3, -0.25) is 9.59 Å². The number of hydrogen-bond donors (Lipinski definition) is 1. The van der Waals surface area contributed by atoms with Crippen molar-refractivity contribution in [3.63, 3.8) is 0 Å². The molecule has 1 aliphatic heterocycles. The highest BCUT2D eigenvalue weighted by atomic mass is 16.5. The van der Waals surface area contributed by atoms with Crippen molar-refractivity contribution in [3.05, 3.63) is 52.2 Å². The number of H-pyrrole nitrogens is 1. The highest BCUT2D eigenvalue weighted by molar-refractivity contribution is 5.93. The molecule has 136 valence electrons. The number of rotatable bonds is 4. The molecule has 2 aromatic heterocycles. The number of nitrogens with one attached hydrogen (secondary N) is 1. The molecule has 2 fully saturated rings. The summed E-state index contributed by atoms with van der Waals surface area (Å²) in [6.45, 7) is 2.11. The zero-order chi connectivity index (χ0) is 17.9. The maximum atomic E-state index is 12.8. The maximum absolute atomic E-state index is 12.8. The highest BCUT2D eigenvalue weighted by Crippen LogP contribution is 2.37. The number of hydrogen-bond acceptors (Lipinski definition) is 6. The van der Waals surface area contributed by atoms with E-state index < -0.39 is 0 Å². The fourth-order valence-corrected chi connectivity index (χ4v) is 3.19. The summed E-state index contributed by atoms with van der Waals surface area (Å²) in [6, 6.07) is 1.49. The van der Waals surface area contributed by atoms with Crippen LogP contribution in [0.4, 0.5) is 0 Å². The molecule has 0 aromatic carbocycles. The number of carbonyl (C=O) groups excluding carboxylic acids is 1. The van der Waals surface area contributed by atoms with Crippen LogP contribution in [0.3, 0.4) is 0 Å². The van der Waals surface area contributed by atoms with E-state index in [1.165, 1.54) is 12.4 Å². The van der Waals surface area contributed by atoms with Crippen LogP contribution in [0.5, 0.6) is 0 Å². The zero-order valence-electron chi connectivity index (χ0n) is 14.4. The summed E-state index contributed by atoms with van der Waals surface area (Å²) in [5.41, 5.74) is 1.03. The lowest BCUT2D eigenvalue weighted by Crippen LogP contribution is -2.36. The average Bonchev–Trinajstić information content (AvgIpc) is 3.49. The molecule has 4 rings (SSSR count). The fourth-order valence-electron chi connectivity index (χ4n) is 3.19. The van der Waals surface area contributed by atoms with Crippen LogP contribution in [0.25, 0.3) is 0 Å². The molecule has 0 bridgehead atoms. The van der Waals surface area contributed by atoms with Crippen LogP contribution in [0, 0.1) is 5.92 Å². The standard InChI is InChI=1S/C18H21N5O3/c24-16-6-15(21-11-22-16)5-12-9-23(3-4-26-10-12)18(25)14-7-19-17(20-8-14)13-1-2-13/h6-8,11-13H,1-5,9-10H2,(H,21,22,24)/t12-/m0/s1. The molecule has 0 spiro atoms. The molecular weight excluding hydrogens is 334 g/mol. The minimum absolute atomic E-state index is 0.0817. The van der Waals surface area contributed by atoms with Crippen molar-refractivity contribution in [1.82, 2.24) is 24.8 Å². The van der Waals surface area contributed by atoms with Crippen LogP contribution in [0.1, 0.15) is 40.6 Å². The third-order valence-electron chi connectivity index (χ3n) is 4.72. The van der Waals surface area contributed by atoms with E-state index in [0.717, 1.165) is 18.7 Å². The summed E-state index contributed by atoms with van der Waals surface area (Å²) in [4.78, 5) is 41.4. The fraction of sp³-hybridized carbons (Fsp3) is 0.500. The second-order valence-corrected chi connectivity index (χ2v) is 6.90. The van der Waals surface area contributed by atoms with E-state index >= 15 is 0 Å². The van der Waals surface area contributed by atoms with Crippen molar-refractivity contribution >= 4 is 5.91 Å². The summed E-state index contributed by atoms with van der Waals surface area (Å²) in [7, 11) is 0. The molecule has 1 N–H and O–H groups in total. The number of aromatic nitrogens is 4. The van der Waals surface area contributed by atoms with Gasteiger partial charge in [0.15, 0.2) is 0 Å². The molecule has 3 heterocycles. The van der Waals surface area contributed by atoms with E-state index in [2.05, 4.69) is 19.9 Å². The van der Waals surface area contributed by atoms with Gasteiger partial charge in [0, 0.05) is 49.1 Å². The maximum Gasteiger partial charge on any atom is 0.257 e. The monoisotopic (exact) mass is 355 g/mol. The van der Waals surface area contributed by atoms with Crippen molar-refractivity contribution in [3.8, 4) is 0 Å². The summed E-state index contributed by atoms with van der Waals surface area (Å²) in [5, 5.41) is 0. The van der Waals surface area contributed by atoms with Crippen molar-refractivity contribution in [2.45, 2.75) is 25.2 Å². The Labute approximate surface area is 150 Å². The molecule has 8 nitrogen and oxygen atoms in total. The van der Waals surface area contributed by atoms with Crippen LogP contribution >= 0.6 is 0 Å².